The van der Waals surface area contributed by atoms with Crippen molar-refractivity contribution >= 4 is 46.6 Å². The molecule has 0 saturated heterocycles. The van der Waals surface area contributed by atoms with E-state index in [0.29, 0.717) is 34.0 Å². The van der Waals surface area contributed by atoms with Crippen LogP contribution in [-0.2, 0) is 18.3 Å². The van der Waals surface area contributed by atoms with Crippen LogP contribution in [0.4, 0.5) is 5.69 Å². The first-order valence-electron chi connectivity index (χ1n) is 9.38. The summed E-state index contributed by atoms with van der Waals surface area (Å²) in [6, 6.07) is 12.8. The number of benzene rings is 2. The molecule has 1 aromatic heterocycles. The van der Waals surface area contributed by atoms with E-state index in [1.54, 1.807) is 18.2 Å². The summed E-state index contributed by atoms with van der Waals surface area (Å²) in [5.74, 6) is 1.63. The summed E-state index contributed by atoms with van der Waals surface area (Å²) in [4.78, 5) is 12.2. The molecule has 0 aliphatic heterocycles. The minimum atomic E-state index is -0.0768. The van der Waals surface area contributed by atoms with Crippen molar-refractivity contribution in [1.29, 1.82) is 0 Å². The van der Waals surface area contributed by atoms with Gasteiger partial charge in [-0.1, -0.05) is 53.2 Å². The predicted octanol–water partition coefficient (Wildman–Crippen LogP) is 5.17. The van der Waals surface area contributed by atoms with Crippen LogP contribution in [0, 0.1) is 6.92 Å². The molecule has 0 unspecified atom stereocenters. The number of carbonyl (C=O) groups excluding carboxylic acids is 1. The highest BCUT2D eigenvalue weighted by molar-refractivity contribution is 7.99. The van der Waals surface area contributed by atoms with Crippen LogP contribution in [0.2, 0.25) is 10.0 Å². The lowest BCUT2D eigenvalue weighted by Gasteiger charge is -2.09. The second-order valence-corrected chi connectivity index (χ2v) is 8.42. The Hall–Kier alpha value is -2.22. The number of rotatable bonds is 9. The van der Waals surface area contributed by atoms with Gasteiger partial charge in [-0.05, 0) is 43.2 Å². The Morgan fingerprint density at radius 2 is 2.00 bits per heavy atom. The molecule has 30 heavy (non-hydrogen) atoms. The molecule has 0 aliphatic rings. The Kier molecular flexibility index (Phi) is 8.01. The van der Waals surface area contributed by atoms with Gasteiger partial charge >= 0.3 is 0 Å². The molecule has 0 saturated carbocycles. The van der Waals surface area contributed by atoms with E-state index in [1.807, 2.05) is 42.8 Å². The molecule has 3 rings (SSSR count). The van der Waals surface area contributed by atoms with Crippen LogP contribution in [0.3, 0.4) is 0 Å². The van der Waals surface area contributed by atoms with Crippen molar-refractivity contribution in [3.8, 4) is 5.75 Å². The largest absolute Gasteiger partial charge is 0.492 e. The van der Waals surface area contributed by atoms with Gasteiger partial charge in [0.15, 0.2) is 5.16 Å². The van der Waals surface area contributed by atoms with E-state index in [4.69, 9.17) is 27.9 Å². The van der Waals surface area contributed by atoms with Crippen molar-refractivity contribution in [3.63, 3.8) is 0 Å². The summed E-state index contributed by atoms with van der Waals surface area (Å²) in [5.41, 5.74) is 1.85. The number of thioether (sulfide) groups is 1. The molecular weight excluding hydrogens is 443 g/mol. The number of halogens is 2. The smallest absolute Gasteiger partial charge is 0.234 e. The molecule has 1 amide bonds. The van der Waals surface area contributed by atoms with Gasteiger partial charge in [-0.3, -0.25) is 4.79 Å². The fourth-order valence-corrected chi connectivity index (χ4v) is 3.92. The quantitative estimate of drug-likeness (QED) is 0.349. The lowest BCUT2D eigenvalue weighted by atomic mass is 10.2. The van der Waals surface area contributed by atoms with Gasteiger partial charge < -0.3 is 14.6 Å². The number of nitrogens with zero attached hydrogens (tertiary/aromatic N) is 3. The van der Waals surface area contributed by atoms with Crippen LogP contribution >= 0.6 is 35.0 Å². The van der Waals surface area contributed by atoms with Gasteiger partial charge in [0.1, 0.15) is 11.6 Å². The number of amides is 1. The summed E-state index contributed by atoms with van der Waals surface area (Å²) < 4.78 is 7.60. The maximum absolute atomic E-state index is 12.2. The number of hydrogen-bond acceptors (Lipinski definition) is 5. The molecule has 0 spiro atoms. The van der Waals surface area contributed by atoms with E-state index in [9.17, 15) is 4.79 Å². The number of aryl methyl sites for hydroxylation is 2. The van der Waals surface area contributed by atoms with Crippen molar-refractivity contribution in [1.82, 2.24) is 14.8 Å². The fraction of sp³-hybridized carbons (Fsp3) is 0.286. The third-order valence-corrected chi connectivity index (χ3v) is 5.92. The average Bonchev–Trinajstić information content (AvgIpc) is 3.06. The minimum absolute atomic E-state index is 0.0768. The number of hydrogen-bond donors (Lipinski definition) is 1. The molecule has 0 aliphatic carbocycles. The van der Waals surface area contributed by atoms with Gasteiger partial charge in [-0.15, -0.1) is 10.2 Å². The van der Waals surface area contributed by atoms with Crippen LogP contribution in [0.1, 0.15) is 17.8 Å². The molecule has 3 aromatic rings. The molecule has 6 nitrogen and oxygen atoms in total. The molecule has 0 radical (unpaired) electrons. The fourth-order valence-electron chi connectivity index (χ4n) is 2.72. The highest BCUT2D eigenvalue weighted by Crippen LogP contribution is 2.27. The molecule has 0 bridgehead atoms. The molecule has 0 atom stereocenters. The Labute approximate surface area is 189 Å². The number of aromatic nitrogens is 3. The highest BCUT2D eigenvalue weighted by Gasteiger charge is 2.12. The molecule has 1 heterocycles. The van der Waals surface area contributed by atoms with Gasteiger partial charge in [0.05, 0.1) is 17.4 Å². The third-order valence-electron chi connectivity index (χ3n) is 4.37. The van der Waals surface area contributed by atoms with Crippen molar-refractivity contribution in [2.75, 3.05) is 17.7 Å². The standard InChI is InChI=1S/C21H22Cl2N4O2S/c1-14-6-3-4-7-17(14)24-20(28)13-30-21-26-25-19(27(21)2)8-5-11-29-18-10-9-15(22)12-16(18)23/h3-4,6-7,9-10,12H,5,8,11,13H2,1-2H3,(H,24,28). The second kappa shape index (κ2) is 10.7. The van der Waals surface area contributed by atoms with Crippen LogP contribution in [-0.4, -0.2) is 33.0 Å². The first-order chi connectivity index (χ1) is 14.4. The Morgan fingerprint density at radius 1 is 1.20 bits per heavy atom. The Balaban J connectivity index is 1.45. The summed E-state index contributed by atoms with van der Waals surface area (Å²) in [5, 5.41) is 13.1. The van der Waals surface area contributed by atoms with Gasteiger partial charge in [0.25, 0.3) is 0 Å². The number of carbonyl (C=O) groups is 1. The second-order valence-electron chi connectivity index (χ2n) is 6.64. The summed E-state index contributed by atoms with van der Waals surface area (Å²) in [6.45, 7) is 2.46. The predicted molar refractivity (Wildman–Crippen MR) is 122 cm³/mol. The monoisotopic (exact) mass is 464 g/mol. The Bertz CT molecular complexity index is 1030. The first kappa shape index (κ1) is 22.5. The SMILES string of the molecule is Cc1ccccc1NC(=O)CSc1nnc(CCCOc2ccc(Cl)cc2Cl)n1C. The normalized spacial score (nSPS) is 10.8. The number of para-hydroxylation sites is 1. The molecule has 158 valence electrons. The molecule has 9 heteroatoms. The van der Waals surface area contributed by atoms with E-state index in [1.165, 1.54) is 11.8 Å². The summed E-state index contributed by atoms with van der Waals surface area (Å²) in [6.07, 6.45) is 1.45. The average molecular weight is 465 g/mol. The molecular formula is C21H22Cl2N4O2S. The van der Waals surface area contributed by atoms with E-state index < -0.39 is 0 Å². The van der Waals surface area contributed by atoms with Crippen LogP contribution < -0.4 is 10.1 Å². The number of nitrogens with one attached hydrogen (secondary N) is 1. The number of ether oxygens (including phenoxy) is 1. The first-order valence-corrected chi connectivity index (χ1v) is 11.1. The zero-order valence-electron chi connectivity index (χ0n) is 16.7. The highest BCUT2D eigenvalue weighted by atomic mass is 35.5. The topological polar surface area (TPSA) is 69.0 Å². The van der Waals surface area contributed by atoms with E-state index >= 15 is 0 Å². The van der Waals surface area contributed by atoms with Gasteiger partial charge in [0, 0.05) is 24.2 Å². The zero-order chi connectivity index (χ0) is 21.5. The van der Waals surface area contributed by atoms with E-state index in [0.717, 1.165) is 23.5 Å². The lowest BCUT2D eigenvalue weighted by molar-refractivity contribution is -0.113. The van der Waals surface area contributed by atoms with Crippen molar-refractivity contribution < 1.29 is 9.53 Å². The van der Waals surface area contributed by atoms with Gasteiger partial charge in [0.2, 0.25) is 5.91 Å². The van der Waals surface area contributed by atoms with Crippen LogP contribution in [0.25, 0.3) is 0 Å². The van der Waals surface area contributed by atoms with Gasteiger partial charge in [-0.2, -0.15) is 0 Å². The molecule has 1 N–H and O–H groups in total. The molecule has 0 fully saturated rings. The third kappa shape index (κ3) is 6.14. The van der Waals surface area contributed by atoms with Crippen molar-refractivity contribution in [2.45, 2.75) is 24.9 Å². The zero-order valence-corrected chi connectivity index (χ0v) is 19.0. The maximum Gasteiger partial charge on any atom is 0.234 e. The van der Waals surface area contributed by atoms with Crippen molar-refractivity contribution in [2.24, 2.45) is 7.05 Å². The van der Waals surface area contributed by atoms with E-state index in [-0.39, 0.29) is 11.7 Å². The summed E-state index contributed by atoms with van der Waals surface area (Å²) >= 11 is 13.3. The maximum atomic E-state index is 12.2. The molecule has 2 aromatic carbocycles. The van der Waals surface area contributed by atoms with Crippen LogP contribution in [0.5, 0.6) is 5.75 Å². The van der Waals surface area contributed by atoms with E-state index in [2.05, 4.69) is 15.5 Å². The van der Waals surface area contributed by atoms with Crippen LogP contribution in [0.15, 0.2) is 47.6 Å². The van der Waals surface area contributed by atoms with Crippen molar-refractivity contribution in [3.05, 3.63) is 63.9 Å². The number of anilines is 1. The minimum Gasteiger partial charge on any atom is -0.492 e. The van der Waals surface area contributed by atoms with Gasteiger partial charge in [-0.25, -0.2) is 0 Å². The summed E-state index contributed by atoms with van der Waals surface area (Å²) in [7, 11) is 1.90. The lowest BCUT2D eigenvalue weighted by Crippen LogP contribution is -2.15. The Morgan fingerprint density at radius 3 is 2.77 bits per heavy atom.